The summed E-state index contributed by atoms with van der Waals surface area (Å²) < 4.78 is 9.79. The van der Waals surface area contributed by atoms with E-state index in [1.807, 2.05) is 7.05 Å². The largest absolute Gasteiger partial charge is 0.447 e. The Kier molecular flexibility index (Phi) is 4.69. The van der Waals surface area contributed by atoms with E-state index < -0.39 is 0 Å². The number of amides is 1. The van der Waals surface area contributed by atoms with Crippen LogP contribution < -0.4 is 0 Å². The molecule has 1 fully saturated rings. The predicted octanol–water partition coefficient (Wildman–Crippen LogP) is 0.0168. The lowest BCUT2D eigenvalue weighted by Crippen LogP contribution is -2.47. The lowest BCUT2D eigenvalue weighted by molar-refractivity contribution is 0.0595. The van der Waals surface area contributed by atoms with Crippen molar-refractivity contribution in [1.82, 2.24) is 9.80 Å². The van der Waals surface area contributed by atoms with Gasteiger partial charge in [0.1, 0.15) is 6.61 Å². The lowest BCUT2D eigenvalue weighted by atomic mass is 10.3. The standard InChI is InChI=1S/C9H18N2O3/c1-10-3-5-11(6-4-10)9(12)14-8-7-13-2/h3-8H2,1-2H3. The third-order valence-electron chi connectivity index (χ3n) is 2.27. The van der Waals surface area contributed by atoms with Crippen LogP contribution in [0.3, 0.4) is 0 Å². The zero-order valence-electron chi connectivity index (χ0n) is 8.86. The number of hydrogen-bond acceptors (Lipinski definition) is 4. The van der Waals surface area contributed by atoms with E-state index in [4.69, 9.17) is 9.47 Å². The normalized spacial score (nSPS) is 18.3. The molecule has 1 aliphatic heterocycles. The Bertz CT molecular complexity index is 179. The number of likely N-dealkylation sites (N-methyl/N-ethyl adjacent to an activating group) is 1. The summed E-state index contributed by atoms with van der Waals surface area (Å²) in [6.45, 7) is 4.13. The average Bonchev–Trinajstić information content (AvgIpc) is 2.19. The average molecular weight is 202 g/mol. The first-order valence-electron chi connectivity index (χ1n) is 4.83. The van der Waals surface area contributed by atoms with Gasteiger partial charge in [-0.15, -0.1) is 0 Å². The Morgan fingerprint density at radius 2 is 1.86 bits per heavy atom. The molecule has 0 aromatic carbocycles. The molecule has 0 radical (unpaired) electrons. The van der Waals surface area contributed by atoms with Crippen LogP contribution in [0.1, 0.15) is 0 Å². The Morgan fingerprint density at radius 1 is 1.21 bits per heavy atom. The van der Waals surface area contributed by atoms with E-state index in [9.17, 15) is 4.79 Å². The van der Waals surface area contributed by atoms with Gasteiger partial charge in [0.05, 0.1) is 6.61 Å². The van der Waals surface area contributed by atoms with Gasteiger partial charge in [-0.05, 0) is 7.05 Å². The molecule has 1 saturated heterocycles. The van der Waals surface area contributed by atoms with Crippen molar-refractivity contribution in [2.24, 2.45) is 0 Å². The number of ether oxygens (including phenoxy) is 2. The molecule has 0 aromatic rings. The topological polar surface area (TPSA) is 42.0 Å². The molecule has 14 heavy (non-hydrogen) atoms. The van der Waals surface area contributed by atoms with Gasteiger partial charge in [0, 0.05) is 33.3 Å². The minimum absolute atomic E-state index is 0.227. The fourth-order valence-electron chi connectivity index (χ4n) is 1.29. The smallest absolute Gasteiger partial charge is 0.409 e. The second-order valence-electron chi connectivity index (χ2n) is 3.40. The molecule has 1 amide bonds. The van der Waals surface area contributed by atoms with Crippen molar-refractivity contribution < 1.29 is 14.3 Å². The molecule has 5 heteroatoms. The summed E-state index contributed by atoms with van der Waals surface area (Å²) in [6.07, 6.45) is -0.227. The number of carbonyl (C=O) groups is 1. The lowest BCUT2D eigenvalue weighted by Gasteiger charge is -2.31. The molecule has 1 aliphatic rings. The van der Waals surface area contributed by atoms with Gasteiger partial charge in [-0.1, -0.05) is 0 Å². The van der Waals surface area contributed by atoms with Crippen LogP contribution in [0.15, 0.2) is 0 Å². The monoisotopic (exact) mass is 202 g/mol. The summed E-state index contributed by atoms with van der Waals surface area (Å²) in [4.78, 5) is 15.3. The Hall–Kier alpha value is -0.810. The van der Waals surface area contributed by atoms with Gasteiger partial charge in [-0.25, -0.2) is 4.79 Å². The predicted molar refractivity (Wildman–Crippen MR) is 52.3 cm³/mol. The molecule has 0 atom stereocenters. The summed E-state index contributed by atoms with van der Waals surface area (Å²) in [5.74, 6) is 0. The van der Waals surface area contributed by atoms with E-state index in [2.05, 4.69) is 4.90 Å². The fourth-order valence-corrected chi connectivity index (χ4v) is 1.29. The number of carbonyl (C=O) groups excluding carboxylic acids is 1. The minimum Gasteiger partial charge on any atom is -0.447 e. The highest BCUT2D eigenvalue weighted by atomic mass is 16.6. The number of hydrogen-bond donors (Lipinski definition) is 0. The summed E-state index contributed by atoms with van der Waals surface area (Å²) in [5, 5.41) is 0. The van der Waals surface area contributed by atoms with Crippen LogP contribution in [0.25, 0.3) is 0 Å². The highest BCUT2D eigenvalue weighted by Gasteiger charge is 2.19. The first-order chi connectivity index (χ1) is 6.74. The minimum atomic E-state index is -0.227. The number of methoxy groups -OCH3 is 1. The number of nitrogens with zero attached hydrogens (tertiary/aromatic N) is 2. The molecule has 0 bridgehead atoms. The fraction of sp³-hybridized carbons (Fsp3) is 0.889. The molecule has 0 saturated carbocycles. The molecular formula is C9H18N2O3. The number of piperazine rings is 1. The van der Waals surface area contributed by atoms with Crippen molar-refractivity contribution >= 4 is 6.09 Å². The highest BCUT2D eigenvalue weighted by Crippen LogP contribution is 2.01. The van der Waals surface area contributed by atoms with E-state index in [-0.39, 0.29) is 6.09 Å². The SMILES string of the molecule is COCCOC(=O)N1CCN(C)CC1. The second-order valence-corrected chi connectivity index (χ2v) is 3.40. The van der Waals surface area contributed by atoms with Crippen LogP contribution in [0.5, 0.6) is 0 Å². The zero-order valence-corrected chi connectivity index (χ0v) is 8.86. The van der Waals surface area contributed by atoms with Gasteiger partial charge in [0.2, 0.25) is 0 Å². The van der Waals surface area contributed by atoms with Crippen LogP contribution in [0.4, 0.5) is 4.79 Å². The second kappa shape index (κ2) is 5.82. The van der Waals surface area contributed by atoms with Crippen LogP contribution in [0, 0.1) is 0 Å². The maximum absolute atomic E-state index is 11.4. The molecule has 82 valence electrons. The zero-order chi connectivity index (χ0) is 10.4. The maximum atomic E-state index is 11.4. The number of rotatable bonds is 3. The summed E-state index contributed by atoms with van der Waals surface area (Å²) in [7, 11) is 3.64. The Labute approximate surface area is 84.6 Å². The molecule has 5 nitrogen and oxygen atoms in total. The third-order valence-corrected chi connectivity index (χ3v) is 2.27. The van der Waals surface area contributed by atoms with Gasteiger partial charge in [-0.3, -0.25) is 0 Å². The maximum Gasteiger partial charge on any atom is 0.409 e. The van der Waals surface area contributed by atoms with Gasteiger partial charge in [0.25, 0.3) is 0 Å². The first kappa shape index (κ1) is 11.3. The summed E-state index contributed by atoms with van der Waals surface area (Å²) in [6, 6.07) is 0. The van der Waals surface area contributed by atoms with E-state index in [1.165, 1.54) is 0 Å². The molecule has 1 heterocycles. The van der Waals surface area contributed by atoms with E-state index >= 15 is 0 Å². The highest BCUT2D eigenvalue weighted by molar-refractivity contribution is 5.67. The molecule has 0 N–H and O–H groups in total. The summed E-state index contributed by atoms with van der Waals surface area (Å²) >= 11 is 0. The van der Waals surface area contributed by atoms with Crippen molar-refractivity contribution in [2.75, 3.05) is 53.6 Å². The quantitative estimate of drug-likeness (QED) is 0.605. The summed E-state index contributed by atoms with van der Waals surface area (Å²) in [5.41, 5.74) is 0. The molecule has 0 aromatic heterocycles. The molecular weight excluding hydrogens is 184 g/mol. The van der Waals surface area contributed by atoms with Gasteiger partial charge in [0.15, 0.2) is 0 Å². The van der Waals surface area contributed by atoms with E-state index in [0.717, 1.165) is 26.2 Å². The van der Waals surface area contributed by atoms with Crippen molar-refractivity contribution in [3.63, 3.8) is 0 Å². The molecule has 0 unspecified atom stereocenters. The van der Waals surface area contributed by atoms with Gasteiger partial charge < -0.3 is 19.3 Å². The van der Waals surface area contributed by atoms with Crippen molar-refractivity contribution in [2.45, 2.75) is 0 Å². The Balaban J connectivity index is 2.17. The van der Waals surface area contributed by atoms with E-state index in [0.29, 0.717) is 13.2 Å². The van der Waals surface area contributed by atoms with Crippen LogP contribution in [0.2, 0.25) is 0 Å². The van der Waals surface area contributed by atoms with Crippen LogP contribution in [-0.4, -0.2) is 69.4 Å². The van der Waals surface area contributed by atoms with Crippen LogP contribution >= 0.6 is 0 Å². The van der Waals surface area contributed by atoms with Crippen LogP contribution in [-0.2, 0) is 9.47 Å². The van der Waals surface area contributed by atoms with Gasteiger partial charge >= 0.3 is 6.09 Å². The van der Waals surface area contributed by atoms with Gasteiger partial charge in [-0.2, -0.15) is 0 Å². The third kappa shape index (κ3) is 3.51. The van der Waals surface area contributed by atoms with Crippen molar-refractivity contribution in [3.8, 4) is 0 Å². The first-order valence-corrected chi connectivity index (χ1v) is 4.83. The van der Waals surface area contributed by atoms with E-state index in [1.54, 1.807) is 12.0 Å². The Morgan fingerprint density at radius 3 is 2.43 bits per heavy atom. The molecule has 1 rings (SSSR count). The molecule has 0 spiro atoms. The van der Waals surface area contributed by atoms with Crippen molar-refractivity contribution in [1.29, 1.82) is 0 Å². The molecule has 0 aliphatic carbocycles. The van der Waals surface area contributed by atoms with Crippen molar-refractivity contribution in [3.05, 3.63) is 0 Å².